The SMILES string of the molecule is CCCCCN(Nc1nc(OC[C@@H]2CCCNC[C@H](F)C2)nc2c(F)c(-c3cccc4ccc(F)c(C#[C][Tl])c34)ncc12)C(=O)OC(C)(C)C.P.[SH-]. The predicted octanol–water partition coefficient (Wildman–Crippen LogP) is 7.25. The molecule has 1 saturated heterocycles. The number of hydrazine groups is 1. The quantitative estimate of drug-likeness (QED) is 0.0324. The van der Waals surface area contributed by atoms with Crippen molar-refractivity contribution in [3.63, 3.8) is 0 Å². The number of aromatic nitrogens is 3. The Hall–Kier alpha value is -2.93. The number of hydrogen-bond donors (Lipinski definition) is 2. The molecule has 2 aromatic carbocycles. The van der Waals surface area contributed by atoms with Crippen LogP contribution in [0.15, 0.2) is 36.5 Å². The molecule has 1 amide bonds. The van der Waals surface area contributed by atoms with E-state index in [2.05, 4.69) is 42.0 Å². The van der Waals surface area contributed by atoms with Crippen LogP contribution < -0.4 is 15.5 Å². The zero-order valence-corrected chi connectivity index (χ0v) is 36.9. The Bertz CT molecular complexity index is 1910. The summed E-state index contributed by atoms with van der Waals surface area (Å²) < 4.78 is 61.1. The Labute approximate surface area is 329 Å². The number of nitrogens with one attached hydrogen (secondary N) is 2. The van der Waals surface area contributed by atoms with Crippen molar-refractivity contribution in [2.75, 3.05) is 31.7 Å². The summed E-state index contributed by atoms with van der Waals surface area (Å²) in [7, 11) is 0. The maximum Gasteiger partial charge on any atom is 0.429 e. The third-order valence-electron chi connectivity index (χ3n) is 8.32. The number of pyridine rings is 1. The van der Waals surface area contributed by atoms with Crippen LogP contribution in [0.4, 0.5) is 23.8 Å². The molecule has 0 saturated carbocycles. The van der Waals surface area contributed by atoms with Crippen molar-refractivity contribution in [3.05, 3.63) is 53.7 Å². The average molecular weight is 947 g/mol. The molecule has 15 heteroatoms. The van der Waals surface area contributed by atoms with Crippen LogP contribution in [0.25, 0.3) is 32.9 Å². The second kappa shape index (κ2) is 19.9. The van der Waals surface area contributed by atoms with E-state index >= 15 is 8.78 Å². The van der Waals surface area contributed by atoms with Gasteiger partial charge in [0, 0.05) is 13.1 Å². The fourth-order valence-electron chi connectivity index (χ4n) is 5.96. The third kappa shape index (κ3) is 11.1. The molecule has 0 spiro atoms. The van der Waals surface area contributed by atoms with E-state index in [4.69, 9.17) is 9.47 Å². The van der Waals surface area contributed by atoms with E-state index in [0.29, 0.717) is 68.0 Å². The Balaban J connectivity index is 0.00000364. The number of alkyl halides is 1. The molecule has 3 heterocycles. The first-order valence-electron chi connectivity index (χ1n) is 17.0. The normalized spacial score (nSPS) is 16.0. The van der Waals surface area contributed by atoms with Gasteiger partial charge in [0.15, 0.2) is 0 Å². The molecule has 1 fully saturated rings. The Morgan fingerprint density at radius 3 is 2.69 bits per heavy atom. The van der Waals surface area contributed by atoms with E-state index in [0.717, 1.165) is 25.7 Å². The van der Waals surface area contributed by atoms with E-state index < -0.39 is 29.5 Å². The van der Waals surface area contributed by atoms with Crippen molar-refractivity contribution in [1.29, 1.82) is 0 Å². The van der Waals surface area contributed by atoms with Crippen molar-refractivity contribution >= 4 is 82.7 Å². The topological polar surface area (TPSA) is 102 Å². The van der Waals surface area contributed by atoms with Crippen LogP contribution in [0.5, 0.6) is 6.01 Å². The molecule has 0 aliphatic carbocycles. The minimum absolute atomic E-state index is 0. The molecule has 1 aliphatic heterocycles. The second-order valence-electron chi connectivity index (χ2n) is 13.4. The first-order valence-corrected chi connectivity index (χ1v) is 19.3. The zero-order chi connectivity index (χ0) is 35.8. The first kappa shape index (κ1) is 43.5. The number of thiol groups is 1. The summed E-state index contributed by atoms with van der Waals surface area (Å²) in [5.41, 5.74) is 2.64. The number of unbranched alkanes of at least 4 members (excludes halogenated alkanes) is 2. The monoisotopic (exact) mass is 947 g/mol. The number of benzene rings is 2. The average Bonchev–Trinajstić information content (AvgIpc) is 3.06. The Kier molecular flexibility index (Phi) is 16.7. The van der Waals surface area contributed by atoms with Crippen LogP contribution in [0.2, 0.25) is 0 Å². The van der Waals surface area contributed by atoms with Crippen LogP contribution in [0.1, 0.15) is 71.8 Å². The summed E-state index contributed by atoms with van der Waals surface area (Å²) in [6.07, 6.45) is 4.15. The number of hydrogen-bond acceptors (Lipinski definition) is 9. The Morgan fingerprint density at radius 2 is 1.96 bits per heavy atom. The van der Waals surface area contributed by atoms with E-state index in [1.54, 1.807) is 39.0 Å². The van der Waals surface area contributed by atoms with E-state index in [9.17, 15) is 9.18 Å². The first-order chi connectivity index (χ1) is 24.0. The van der Waals surface area contributed by atoms with Gasteiger partial charge in [-0.15, -0.1) is 0 Å². The summed E-state index contributed by atoms with van der Waals surface area (Å²) >= 11 is 0.315. The maximum atomic E-state index is 16.9. The summed E-state index contributed by atoms with van der Waals surface area (Å²) in [6.45, 7) is 8.78. The summed E-state index contributed by atoms with van der Waals surface area (Å²) in [4.78, 5) is 26.9. The molecular weight excluding hydrogens is 901 g/mol. The molecule has 278 valence electrons. The molecule has 2 N–H and O–H groups in total. The summed E-state index contributed by atoms with van der Waals surface area (Å²) in [5, 5.41) is 5.73. The minimum atomic E-state index is -1.02. The molecule has 0 radical (unpaired) electrons. The van der Waals surface area contributed by atoms with Gasteiger partial charge in [0.1, 0.15) is 11.8 Å². The molecule has 4 aromatic rings. The van der Waals surface area contributed by atoms with Gasteiger partial charge in [-0.3, -0.25) is 0 Å². The number of amides is 1. The fraction of sp³-hybridized carbons (Fsp3) is 0.459. The standard InChI is InChI=1S/C37H42F3N6O3.H3P.H2S.Tl/c1-6-8-9-18-46(36(47)49-37(3,4)5)45-34-28-21-42-32(27-14-10-13-24-15-16-29(39)26(7-2)30(24)27)31(40)33(28)43-35(44-34)48-22-23-12-11-17-41-20-25(38)19-23;;;/h10,13-16,21,23,25,41H,6,8-9,11-12,17-20,22H2,1,3-5H3,(H,43,44,45);1H3;1H2;/p-1/t23-,25-;;;/m1.../s1. The number of fused-ring (bicyclic) bond motifs is 2. The van der Waals surface area contributed by atoms with Crippen LogP contribution in [0.3, 0.4) is 0 Å². The van der Waals surface area contributed by atoms with Gasteiger partial charge >= 0.3 is 185 Å². The van der Waals surface area contributed by atoms with E-state index in [1.165, 1.54) is 17.3 Å². The predicted molar refractivity (Wildman–Crippen MR) is 209 cm³/mol. The summed E-state index contributed by atoms with van der Waals surface area (Å²) in [5.74, 6) is 1.60. The van der Waals surface area contributed by atoms with Crippen LogP contribution in [0, 0.1) is 27.0 Å². The number of carbonyl (C=O) groups is 1. The number of halogens is 3. The molecule has 9 nitrogen and oxygen atoms in total. The number of ether oxygens (including phenoxy) is 2. The molecule has 3 atom stereocenters. The third-order valence-corrected chi connectivity index (χ3v) is 8.88. The van der Waals surface area contributed by atoms with Gasteiger partial charge in [0.25, 0.3) is 0 Å². The molecule has 5 rings (SSSR count). The molecule has 1 aliphatic rings. The second-order valence-corrected chi connectivity index (χ2v) is 14.6. The van der Waals surface area contributed by atoms with Crippen molar-refractivity contribution in [2.45, 2.75) is 78.0 Å². The number of rotatable bonds is 10. The van der Waals surface area contributed by atoms with E-state index in [1.807, 2.05) is 6.07 Å². The number of carbonyl (C=O) groups excluding carboxylic acids is 1. The van der Waals surface area contributed by atoms with Crippen molar-refractivity contribution < 1.29 is 27.4 Å². The van der Waals surface area contributed by atoms with Gasteiger partial charge < -0.3 is 23.5 Å². The largest absolute Gasteiger partial charge is 0.813 e. The van der Waals surface area contributed by atoms with E-state index in [-0.39, 0.29) is 76.5 Å². The van der Waals surface area contributed by atoms with Gasteiger partial charge in [-0.25, -0.2) is 9.18 Å². The van der Waals surface area contributed by atoms with Crippen LogP contribution in [-0.4, -0.2) is 89.8 Å². The van der Waals surface area contributed by atoms with Crippen LogP contribution in [-0.2, 0) is 18.2 Å². The molecule has 2 aromatic heterocycles. The fourth-order valence-corrected chi connectivity index (χ4v) is 6.52. The van der Waals surface area contributed by atoms with Gasteiger partial charge in [-0.2, -0.15) is 9.90 Å². The molecule has 0 bridgehead atoms. The van der Waals surface area contributed by atoms with Gasteiger partial charge in [0.2, 0.25) is 0 Å². The van der Waals surface area contributed by atoms with Crippen molar-refractivity contribution in [1.82, 2.24) is 25.3 Å². The summed E-state index contributed by atoms with van der Waals surface area (Å²) in [6, 6.07) is 8.07. The minimum Gasteiger partial charge on any atom is -0.813 e. The van der Waals surface area contributed by atoms with Gasteiger partial charge in [-0.05, 0) is 58.9 Å². The number of nitrogens with zero attached hydrogens (tertiary/aromatic N) is 4. The Morgan fingerprint density at radius 1 is 1.17 bits per heavy atom. The van der Waals surface area contributed by atoms with Crippen molar-refractivity contribution in [3.8, 4) is 26.7 Å². The molecule has 52 heavy (non-hydrogen) atoms. The maximum absolute atomic E-state index is 16.9. The van der Waals surface area contributed by atoms with Gasteiger partial charge in [-0.1, -0.05) is 19.8 Å². The van der Waals surface area contributed by atoms with Crippen molar-refractivity contribution in [2.24, 2.45) is 5.92 Å². The van der Waals surface area contributed by atoms with Crippen LogP contribution >= 0.6 is 9.90 Å². The zero-order valence-electron chi connectivity index (χ0n) is 30.1. The molecular formula is C37H46F3N6O3PSTl-. The smallest absolute Gasteiger partial charge is 0.429 e. The number of anilines is 1. The molecule has 1 unspecified atom stereocenters. The van der Waals surface area contributed by atoms with Gasteiger partial charge in [0.05, 0.1) is 0 Å².